The number of rotatable bonds is 3. The van der Waals surface area contributed by atoms with Gasteiger partial charge in [-0.05, 0) is 20.3 Å². The molecule has 0 aromatic rings. The molecule has 14 heavy (non-hydrogen) atoms. The van der Waals surface area contributed by atoms with E-state index >= 15 is 0 Å². The smallest absolute Gasteiger partial charge is 0.306 e. The molecule has 0 radical (unpaired) electrons. The highest BCUT2D eigenvalue weighted by Crippen LogP contribution is 2.35. The third-order valence-electron chi connectivity index (χ3n) is 2.59. The van der Waals surface area contributed by atoms with E-state index in [0.717, 1.165) is 0 Å². The van der Waals surface area contributed by atoms with Crippen molar-refractivity contribution in [2.24, 2.45) is 0 Å². The van der Waals surface area contributed by atoms with Crippen LogP contribution in [0.1, 0.15) is 40.0 Å². The van der Waals surface area contributed by atoms with E-state index in [9.17, 15) is 4.79 Å². The lowest BCUT2D eigenvalue weighted by Gasteiger charge is -2.44. The van der Waals surface area contributed by atoms with E-state index in [0.29, 0.717) is 19.4 Å². The van der Waals surface area contributed by atoms with Crippen molar-refractivity contribution in [1.82, 2.24) is 0 Å². The zero-order chi connectivity index (χ0) is 10.8. The van der Waals surface area contributed by atoms with Gasteiger partial charge >= 0.3 is 5.97 Å². The molecule has 1 aliphatic rings. The minimum Gasteiger partial charge on any atom is -0.481 e. The predicted molar refractivity (Wildman–Crippen MR) is 51.0 cm³/mol. The number of carbonyl (C=O) groups is 1. The van der Waals surface area contributed by atoms with Gasteiger partial charge in [-0.15, -0.1) is 0 Å². The SMILES string of the molecule is CC[C@]1(CC(=O)O)CCOC(C)(C)O1. The maximum atomic E-state index is 10.7. The van der Waals surface area contributed by atoms with Gasteiger partial charge in [0.1, 0.15) is 0 Å². The van der Waals surface area contributed by atoms with E-state index in [4.69, 9.17) is 14.6 Å². The Kier molecular flexibility index (Phi) is 3.17. The molecule has 0 saturated carbocycles. The average molecular weight is 202 g/mol. The summed E-state index contributed by atoms with van der Waals surface area (Å²) in [5, 5.41) is 8.81. The Balaban J connectivity index is 2.73. The van der Waals surface area contributed by atoms with Crippen LogP contribution in [0.5, 0.6) is 0 Å². The Morgan fingerprint density at radius 3 is 2.57 bits per heavy atom. The molecule has 1 rings (SSSR count). The summed E-state index contributed by atoms with van der Waals surface area (Å²) in [6, 6.07) is 0. The standard InChI is InChI=1S/C10H18O4/c1-4-10(7-8(11)12)5-6-13-9(2,3)14-10/h4-7H2,1-3H3,(H,11,12)/t10-/m1/s1. The monoisotopic (exact) mass is 202 g/mol. The lowest BCUT2D eigenvalue weighted by Crippen LogP contribution is -2.49. The van der Waals surface area contributed by atoms with Crippen molar-refractivity contribution in [2.45, 2.75) is 51.4 Å². The molecule has 1 fully saturated rings. The summed E-state index contributed by atoms with van der Waals surface area (Å²) in [5.74, 6) is -1.48. The first-order valence-electron chi connectivity index (χ1n) is 4.95. The van der Waals surface area contributed by atoms with Crippen molar-refractivity contribution in [3.8, 4) is 0 Å². The third kappa shape index (κ3) is 2.69. The van der Waals surface area contributed by atoms with E-state index in [-0.39, 0.29) is 6.42 Å². The van der Waals surface area contributed by atoms with Gasteiger partial charge in [0, 0.05) is 6.42 Å². The second kappa shape index (κ2) is 3.87. The molecule has 1 heterocycles. The third-order valence-corrected chi connectivity index (χ3v) is 2.59. The number of hydrogen-bond donors (Lipinski definition) is 1. The van der Waals surface area contributed by atoms with E-state index in [1.54, 1.807) is 0 Å². The normalized spacial score (nSPS) is 31.4. The highest BCUT2D eigenvalue weighted by Gasteiger charge is 2.41. The number of hydrogen-bond acceptors (Lipinski definition) is 3. The molecule has 1 aliphatic heterocycles. The van der Waals surface area contributed by atoms with E-state index in [2.05, 4.69) is 0 Å². The number of carboxylic acid groups (broad SMARTS) is 1. The maximum Gasteiger partial charge on any atom is 0.306 e. The van der Waals surface area contributed by atoms with Gasteiger partial charge in [0.05, 0.1) is 18.6 Å². The van der Waals surface area contributed by atoms with Crippen molar-refractivity contribution < 1.29 is 19.4 Å². The average Bonchev–Trinajstić information content (AvgIpc) is 2.01. The predicted octanol–water partition coefficient (Wildman–Crippen LogP) is 1.78. The zero-order valence-corrected chi connectivity index (χ0v) is 9.00. The van der Waals surface area contributed by atoms with Crippen molar-refractivity contribution in [1.29, 1.82) is 0 Å². The molecule has 0 aromatic heterocycles. The lowest BCUT2D eigenvalue weighted by molar-refractivity contribution is -0.311. The summed E-state index contributed by atoms with van der Waals surface area (Å²) in [6.45, 7) is 6.15. The van der Waals surface area contributed by atoms with Crippen LogP contribution < -0.4 is 0 Å². The molecule has 4 heteroatoms. The minimum atomic E-state index is -0.815. The van der Waals surface area contributed by atoms with Crippen LogP contribution in [0.25, 0.3) is 0 Å². The second-order valence-corrected chi connectivity index (χ2v) is 4.21. The molecule has 0 unspecified atom stereocenters. The topological polar surface area (TPSA) is 55.8 Å². The number of ether oxygens (including phenoxy) is 2. The quantitative estimate of drug-likeness (QED) is 0.758. The van der Waals surface area contributed by atoms with Gasteiger partial charge in [0.15, 0.2) is 5.79 Å². The van der Waals surface area contributed by atoms with Crippen LogP contribution in [-0.2, 0) is 14.3 Å². The van der Waals surface area contributed by atoms with Crippen LogP contribution in [0.4, 0.5) is 0 Å². The molecule has 0 spiro atoms. The van der Waals surface area contributed by atoms with Crippen LogP contribution in [0, 0.1) is 0 Å². The summed E-state index contributed by atoms with van der Waals surface area (Å²) < 4.78 is 11.1. The van der Waals surface area contributed by atoms with Crippen molar-refractivity contribution in [3.05, 3.63) is 0 Å². The molecule has 82 valence electrons. The summed E-state index contributed by atoms with van der Waals surface area (Å²) in [4.78, 5) is 10.7. The Labute approximate surface area is 84.2 Å². The van der Waals surface area contributed by atoms with Gasteiger partial charge in [0.2, 0.25) is 0 Å². The molecular weight excluding hydrogens is 184 g/mol. The van der Waals surface area contributed by atoms with Crippen LogP contribution in [0.2, 0.25) is 0 Å². The van der Waals surface area contributed by atoms with Gasteiger partial charge in [-0.3, -0.25) is 4.79 Å². The number of aliphatic carboxylic acids is 1. The molecule has 1 saturated heterocycles. The Bertz CT molecular complexity index is 224. The fraction of sp³-hybridized carbons (Fsp3) is 0.900. The Hall–Kier alpha value is -0.610. The highest BCUT2D eigenvalue weighted by atomic mass is 16.7. The zero-order valence-electron chi connectivity index (χ0n) is 9.00. The molecule has 0 aliphatic carbocycles. The largest absolute Gasteiger partial charge is 0.481 e. The molecular formula is C10H18O4. The van der Waals surface area contributed by atoms with Crippen LogP contribution in [-0.4, -0.2) is 29.1 Å². The van der Waals surface area contributed by atoms with E-state index in [1.165, 1.54) is 0 Å². The lowest BCUT2D eigenvalue weighted by atomic mass is 9.91. The Morgan fingerprint density at radius 1 is 1.50 bits per heavy atom. The molecule has 0 amide bonds. The first-order chi connectivity index (χ1) is 6.39. The van der Waals surface area contributed by atoms with Gasteiger partial charge in [-0.25, -0.2) is 0 Å². The van der Waals surface area contributed by atoms with Gasteiger partial charge in [0.25, 0.3) is 0 Å². The molecule has 1 N–H and O–H groups in total. The highest BCUT2D eigenvalue weighted by molar-refractivity contribution is 5.68. The van der Waals surface area contributed by atoms with Gasteiger partial charge < -0.3 is 14.6 Å². The molecule has 0 aromatic carbocycles. The minimum absolute atomic E-state index is 0.0519. The molecule has 4 nitrogen and oxygen atoms in total. The van der Waals surface area contributed by atoms with Crippen LogP contribution >= 0.6 is 0 Å². The summed E-state index contributed by atoms with van der Waals surface area (Å²) >= 11 is 0. The van der Waals surface area contributed by atoms with Crippen LogP contribution in [0.15, 0.2) is 0 Å². The molecule has 0 bridgehead atoms. The second-order valence-electron chi connectivity index (χ2n) is 4.21. The first kappa shape index (κ1) is 11.5. The maximum absolute atomic E-state index is 10.7. The number of carboxylic acids is 1. The first-order valence-corrected chi connectivity index (χ1v) is 4.95. The summed E-state index contributed by atoms with van der Waals surface area (Å²) in [7, 11) is 0. The van der Waals surface area contributed by atoms with Gasteiger partial charge in [-0.2, -0.15) is 0 Å². The van der Waals surface area contributed by atoms with Gasteiger partial charge in [-0.1, -0.05) is 6.92 Å². The fourth-order valence-electron chi connectivity index (χ4n) is 1.86. The van der Waals surface area contributed by atoms with Crippen molar-refractivity contribution >= 4 is 5.97 Å². The Morgan fingerprint density at radius 2 is 2.14 bits per heavy atom. The van der Waals surface area contributed by atoms with Crippen LogP contribution in [0.3, 0.4) is 0 Å². The van der Waals surface area contributed by atoms with Crippen molar-refractivity contribution in [2.75, 3.05) is 6.61 Å². The van der Waals surface area contributed by atoms with E-state index in [1.807, 2.05) is 20.8 Å². The molecule has 1 atom stereocenters. The van der Waals surface area contributed by atoms with E-state index < -0.39 is 17.4 Å². The summed E-state index contributed by atoms with van der Waals surface area (Å²) in [6.07, 6.45) is 1.40. The summed E-state index contributed by atoms with van der Waals surface area (Å²) in [5.41, 5.74) is -0.548. The van der Waals surface area contributed by atoms with Crippen molar-refractivity contribution in [3.63, 3.8) is 0 Å². The fourth-order valence-corrected chi connectivity index (χ4v) is 1.86.